The van der Waals surface area contributed by atoms with E-state index < -0.39 is 0 Å². The Morgan fingerprint density at radius 1 is 1.32 bits per heavy atom. The topological polar surface area (TPSA) is 30.5 Å². The van der Waals surface area contributed by atoms with Crippen LogP contribution in [0.25, 0.3) is 0 Å². The summed E-state index contributed by atoms with van der Waals surface area (Å²) >= 11 is 0. The minimum atomic E-state index is 0.215. The first-order valence-corrected chi connectivity index (χ1v) is 7.05. The molecule has 0 aromatic heterocycles. The summed E-state index contributed by atoms with van der Waals surface area (Å²) in [7, 11) is 3.78. The maximum atomic E-state index is 5.60. The average Bonchev–Trinajstić information content (AvgIpc) is 3.09. The summed E-state index contributed by atoms with van der Waals surface area (Å²) < 4.78 is 11.0. The van der Waals surface area contributed by atoms with Gasteiger partial charge in [-0.25, -0.2) is 0 Å². The summed E-state index contributed by atoms with van der Waals surface area (Å²) in [5.41, 5.74) is 3.25. The summed E-state index contributed by atoms with van der Waals surface area (Å²) in [4.78, 5) is 0. The van der Waals surface area contributed by atoms with E-state index in [2.05, 4.69) is 30.4 Å². The van der Waals surface area contributed by atoms with Gasteiger partial charge < -0.3 is 14.8 Å². The molecule has 1 saturated carbocycles. The Bertz CT molecular complexity index is 476. The number of methoxy groups -OCH3 is 1. The lowest BCUT2D eigenvalue weighted by Gasteiger charge is -2.49. The van der Waals surface area contributed by atoms with Crippen molar-refractivity contribution in [2.45, 2.75) is 25.2 Å². The highest BCUT2D eigenvalue weighted by Gasteiger charge is 2.63. The van der Waals surface area contributed by atoms with E-state index in [0.717, 1.165) is 25.5 Å². The second kappa shape index (κ2) is 4.50. The molecule has 19 heavy (non-hydrogen) atoms. The molecule has 1 aliphatic heterocycles. The molecule has 1 N–H and O–H groups in total. The van der Waals surface area contributed by atoms with Gasteiger partial charge in [-0.15, -0.1) is 0 Å². The van der Waals surface area contributed by atoms with Gasteiger partial charge >= 0.3 is 0 Å². The summed E-state index contributed by atoms with van der Waals surface area (Å²) in [5, 5.41) is 3.37. The lowest BCUT2D eigenvalue weighted by atomic mass is 9.65. The molecule has 0 bridgehead atoms. The third kappa shape index (κ3) is 1.79. The van der Waals surface area contributed by atoms with E-state index in [1.165, 1.54) is 24.0 Å². The zero-order valence-corrected chi connectivity index (χ0v) is 12.1. The highest BCUT2D eigenvalue weighted by Crippen LogP contribution is 2.62. The van der Waals surface area contributed by atoms with Gasteiger partial charge in [0.25, 0.3) is 0 Å². The van der Waals surface area contributed by atoms with E-state index in [0.29, 0.717) is 5.41 Å². The predicted molar refractivity (Wildman–Crippen MR) is 75.8 cm³/mol. The van der Waals surface area contributed by atoms with Crippen molar-refractivity contribution in [1.82, 2.24) is 5.32 Å². The maximum Gasteiger partial charge on any atom is 0.121 e. The number of hydrogen-bond donors (Lipinski definition) is 1. The molecule has 1 heterocycles. The summed E-state index contributed by atoms with van der Waals surface area (Å²) in [6.07, 6.45) is 2.62. The molecule has 3 nitrogen and oxygen atoms in total. The van der Waals surface area contributed by atoms with E-state index >= 15 is 0 Å². The van der Waals surface area contributed by atoms with Gasteiger partial charge in [0.2, 0.25) is 0 Å². The largest absolute Gasteiger partial charge is 0.496 e. The first-order chi connectivity index (χ1) is 9.17. The van der Waals surface area contributed by atoms with Crippen LogP contribution in [0.5, 0.6) is 5.75 Å². The Morgan fingerprint density at radius 2 is 2.05 bits per heavy atom. The van der Waals surface area contributed by atoms with E-state index in [-0.39, 0.29) is 5.41 Å². The molecular formula is C16H23NO2. The average molecular weight is 261 g/mol. The third-order valence-electron chi connectivity index (χ3n) is 5.03. The molecule has 3 rings (SSSR count). The fourth-order valence-electron chi connectivity index (χ4n) is 3.58. The summed E-state index contributed by atoms with van der Waals surface area (Å²) in [6.45, 7) is 4.93. The second-order valence-corrected chi connectivity index (χ2v) is 6.07. The van der Waals surface area contributed by atoms with Crippen molar-refractivity contribution in [1.29, 1.82) is 0 Å². The minimum Gasteiger partial charge on any atom is -0.496 e. The Hall–Kier alpha value is -1.06. The molecule has 0 spiro atoms. The molecule has 1 aliphatic carbocycles. The van der Waals surface area contributed by atoms with Gasteiger partial charge in [0.05, 0.1) is 20.3 Å². The molecule has 2 aliphatic rings. The predicted octanol–water partition coefficient (Wildman–Crippen LogP) is 2.27. The van der Waals surface area contributed by atoms with E-state index in [4.69, 9.17) is 9.47 Å². The zero-order chi connectivity index (χ0) is 13.5. The molecule has 1 aromatic rings. The van der Waals surface area contributed by atoms with Crippen molar-refractivity contribution in [2.24, 2.45) is 5.41 Å². The Balaban J connectivity index is 1.96. The van der Waals surface area contributed by atoms with Crippen LogP contribution in [-0.4, -0.2) is 33.9 Å². The van der Waals surface area contributed by atoms with Crippen LogP contribution in [0.1, 0.15) is 24.0 Å². The maximum absolute atomic E-state index is 5.60. The fraction of sp³-hybridized carbons (Fsp3) is 0.625. The molecule has 104 valence electrons. The van der Waals surface area contributed by atoms with Crippen LogP contribution >= 0.6 is 0 Å². The fourth-order valence-corrected chi connectivity index (χ4v) is 3.58. The van der Waals surface area contributed by atoms with Gasteiger partial charge in [0.1, 0.15) is 5.75 Å². The second-order valence-electron chi connectivity index (χ2n) is 6.07. The van der Waals surface area contributed by atoms with Gasteiger partial charge in [-0.3, -0.25) is 0 Å². The van der Waals surface area contributed by atoms with Crippen LogP contribution in [0.15, 0.2) is 18.2 Å². The van der Waals surface area contributed by atoms with Gasteiger partial charge in [-0.05, 0) is 49.4 Å². The van der Waals surface area contributed by atoms with Crippen molar-refractivity contribution in [2.75, 3.05) is 33.9 Å². The normalized spacial score (nSPS) is 22.7. The van der Waals surface area contributed by atoms with Crippen molar-refractivity contribution in [3.8, 4) is 5.75 Å². The van der Waals surface area contributed by atoms with E-state index in [1.807, 2.05) is 7.05 Å². The van der Waals surface area contributed by atoms with Crippen LogP contribution in [0, 0.1) is 12.3 Å². The quantitative estimate of drug-likeness (QED) is 0.882. The first kappa shape index (κ1) is 12.9. The molecule has 0 radical (unpaired) electrons. The molecule has 0 atom stereocenters. The van der Waals surface area contributed by atoms with Crippen LogP contribution in [-0.2, 0) is 10.2 Å². The zero-order valence-electron chi connectivity index (χ0n) is 12.1. The Labute approximate surface area is 115 Å². The number of benzene rings is 1. The van der Waals surface area contributed by atoms with Crippen molar-refractivity contribution in [3.05, 3.63) is 29.3 Å². The van der Waals surface area contributed by atoms with Gasteiger partial charge in [0.15, 0.2) is 0 Å². The van der Waals surface area contributed by atoms with Crippen LogP contribution in [0.2, 0.25) is 0 Å². The highest BCUT2D eigenvalue weighted by atomic mass is 16.5. The van der Waals surface area contributed by atoms with Crippen LogP contribution in [0.4, 0.5) is 0 Å². The number of hydrogen-bond acceptors (Lipinski definition) is 3. The smallest absolute Gasteiger partial charge is 0.121 e. The van der Waals surface area contributed by atoms with Crippen LogP contribution < -0.4 is 10.1 Å². The standard InChI is InChI=1S/C16H23NO2/c1-12-8-13(4-5-14(12)18-3)16(10-19-11-16)15(6-7-15)9-17-2/h4-5,8,17H,6-7,9-11H2,1-3H3. The van der Waals surface area contributed by atoms with E-state index in [9.17, 15) is 0 Å². The van der Waals surface area contributed by atoms with Crippen molar-refractivity contribution < 1.29 is 9.47 Å². The van der Waals surface area contributed by atoms with Gasteiger partial charge in [-0.2, -0.15) is 0 Å². The molecule has 1 saturated heterocycles. The molecule has 3 heteroatoms. The number of aryl methyl sites for hydroxylation is 1. The highest BCUT2D eigenvalue weighted by molar-refractivity contribution is 5.43. The summed E-state index contributed by atoms with van der Waals surface area (Å²) in [5.74, 6) is 0.970. The lowest BCUT2D eigenvalue weighted by molar-refractivity contribution is -0.0986. The summed E-state index contributed by atoms with van der Waals surface area (Å²) in [6, 6.07) is 6.61. The molecule has 2 fully saturated rings. The van der Waals surface area contributed by atoms with Gasteiger partial charge in [0, 0.05) is 12.0 Å². The van der Waals surface area contributed by atoms with Crippen molar-refractivity contribution in [3.63, 3.8) is 0 Å². The number of ether oxygens (including phenoxy) is 2. The van der Waals surface area contributed by atoms with Crippen molar-refractivity contribution >= 4 is 0 Å². The molecule has 0 amide bonds. The van der Waals surface area contributed by atoms with E-state index in [1.54, 1.807) is 7.11 Å². The Kier molecular flexibility index (Phi) is 3.06. The SMILES string of the molecule is CNCC1(C2(c3ccc(OC)c(C)c3)COC2)CC1. The monoisotopic (exact) mass is 261 g/mol. The molecule has 0 unspecified atom stereocenters. The minimum absolute atomic E-state index is 0.215. The molecule has 1 aromatic carbocycles. The lowest BCUT2D eigenvalue weighted by Crippen LogP contribution is -2.56. The van der Waals surface area contributed by atoms with Crippen LogP contribution in [0.3, 0.4) is 0 Å². The molecular weight excluding hydrogens is 238 g/mol. The number of nitrogens with one attached hydrogen (secondary N) is 1. The first-order valence-electron chi connectivity index (χ1n) is 7.05. The number of rotatable bonds is 5. The van der Waals surface area contributed by atoms with Gasteiger partial charge in [-0.1, -0.05) is 12.1 Å². The Morgan fingerprint density at radius 3 is 2.47 bits per heavy atom. The third-order valence-corrected chi connectivity index (χ3v) is 5.03.